The van der Waals surface area contributed by atoms with Gasteiger partial charge in [-0.25, -0.2) is 4.98 Å². The lowest BCUT2D eigenvalue weighted by Gasteiger charge is -2.36. The van der Waals surface area contributed by atoms with Gasteiger partial charge in [0, 0.05) is 19.5 Å². The zero-order valence-electron chi connectivity index (χ0n) is 14.4. The second kappa shape index (κ2) is 8.58. The van der Waals surface area contributed by atoms with Gasteiger partial charge in [0.25, 0.3) is 0 Å². The summed E-state index contributed by atoms with van der Waals surface area (Å²) in [6, 6.07) is 8.50. The smallest absolute Gasteiger partial charge is 0.305 e. The minimum Gasteiger partial charge on any atom is -0.469 e. The highest BCUT2D eigenvalue weighted by atomic mass is 32.1. The molecule has 0 radical (unpaired) electrons. The van der Waals surface area contributed by atoms with Gasteiger partial charge in [-0.15, -0.1) is 11.3 Å². The van der Waals surface area contributed by atoms with Crippen molar-refractivity contribution in [2.45, 2.75) is 38.1 Å². The first-order valence-electron chi connectivity index (χ1n) is 8.66. The Labute approximate surface area is 157 Å². The SMILES string of the molecule is COC(=O)CCCNC(=S)N1CCCC[C@H]1c1nc2ccccc2s1. The number of nitrogens with one attached hydrogen (secondary N) is 1. The molecule has 134 valence electrons. The summed E-state index contributed by atoms with van der Waals surface area (Å²) in [6.07, 6.45) is 4.54. The van der Waals surface area contributed by atoms with Crippen LogP contribution < -0.4 is 5.32 Å². The van der Waals surface area contributed by atoms with Gasteiger partial charge >= 0.3 is 5.97 Å². The summed E-state index contributed by atoms with van der Waals surface area (Å²) in [4.78, 5) is 18.3. The van der Waals surface area contributed by atoms with Crippen molar-refractivity contribution >= 4 is 44.9 Å². The molecule has 7 heteroatoms. The van der Waals surface area contributed by atoms with Crippen molar-refractivity contribution in [1.82, 2.24) is 15.2 Å². The van der Waals surface area contributed by atoms with E-state index in [0.717, 1.165) is 35.0 Å². The summed E-state index contributed by atoms with van der Waals surface area (Å²) in [6.45, 7) is 1.63. The van der Waals surface area contributed by atoms with Gasteiger partial charge in [0.15, 0.2) is 5.11 Å². The largest absolute Gasteiger partial charge is 0.469 e. The van der Waals surface area contributed by atoms with Crippen LogP contribution in [0.2, 0.25) is 0 Å². The molecule has 5 nitrogen and oxygen atoms in total. The first-order chi connectivity index (χ1) is 12.2. The average Bonchev–Trinajstić information content (AvgIpc) is 3.09. The van der Waals surface area contributed by atoms with E-state index in [9.17, 15) is 4.79 Å². The van der Waals surface area contributed by atoms with E-state index in [0.29, 0.717) is 19.4 Å². The summed E-state index contributed by atoms with van der Waals surface area (Å²) >= 11 is 7.37. The number of hydrogen-bond acceptors (Lipinski definition) is 5. The van der Waals surface area contributed by atoms with Gasteiger partial charge in [0.05, 0.1) is 23.4 Å². The van der Waals surface area contributed by atoms with Gasteiger partial charge in [-0.3, -0.25) is 4.79 Å². The number of carbonyl (C=O) groups is 1. The standard InChI is InChI=1S/C18H23N3O2S2/c1-23-16(22)10-6-11-19-18(24)21-12-5-4-8-14(21)17-20-13-7-2-3-9-15(13)25-17/h2-3,7,9,14H,4-6,8,10-12H2,1H3,(H,19,24)/t14-/m0/s1. The molecule has 3 rings (SSSR count). The fourth-order valence-corrected chi connectivity index (χ4v) is 4.53. The number of benzene rings is 1. The second-order valence-corrected chi connectivity index (χ2v) is 7.59. The Morgan fingerprint density at radius 1 is 1.44 bits per heavy atom. The predicted octanol–water partition coefficient (Wildman–Crippen LogP) is 3.65. The topological polar surface area (TPSA) is 54.5 Å². The number of nitrogens with zero attached hydrogens (tertiary/aromatic N) is 2. The molecule has 1 aliphatic heterocycles. The number of thiocarbonyl (C=S) groups is 1. The maximum atomic E-state index is 11.2. The van der Waals surface area contributed by atoms with Gasteiger partial charge in [0.2, 0.25) is 0 Å². The number of hydrogen-bond donors (Lipinski definition) is 1. The number of methoxy groups -OCH3 is 1. The molecule has 0 spiro atoms. The first kappa shape index (κ1) is 18.1. The van der Waals surface area contributed by atoms with Crippen LogP contribution in [0.4, 0.5) is 0 Å². The van der Waals surface area contributed by atoms with Crippen molar-refractivity contribution in [3.63, 3.8) is 0 Å². The van der Waals surface area contributed by atoms with Crippen LogP contribution in [0.25, 0.3) is 10.2 Å². The summed E-state index contributed by atoms with van der Waals surface area (Å²) < 4.78 is 5.88. The highest BCUT2D eigenvalue weighted by molar-refractivity contribution is 7.80. The van der Waals surface area contributed by atoms with Crippen molar-refractivity contribution < 1.29 is 9.53 Å². The number of esters is 1. The summed E-state index contributed by atoms with van der Waals surface area (Å²) in [5, 5.41) is 5.19. The molecule has 0 aliphatic carbocycles. The summed E-state index contributed by atoms with van der Waals surface area (Å²) in [5.74, 6) is -0.182. The molecule has 1 aromatic heterocycles. The lowest BCUT2D eigenvalue weighted by molar-refractivity contribution is -0.140. The number of ether oxygens (including phenoxy) is 1. The fraction of sp³-hybridized carbons (Fsp3) is 0.500. The molecule has 1 fully saturated rings. The number of piperidine rings is 1. The average molecular weight is 378 g/mol. The monoisotopic (exact) mass is 377 g/mol. The van der Waals surface area contributed by atoms with Gasteiger partial charge in [0.1, 0.15) is 5.01 Å². The van der Waals surface area contributed by atoms with Crippen molar-refractivity contribution in [2.75, 3.05) is 20.2 Å². The Morgan fingerprint density at radius 2 is 2.28 bits per heavy atom. The maximum absolute atomic E-state index is 11.2. The van der Waals surface area contributed by atoms with Gasteiger partial charge in [-0.05, 0) is 50.0 Å². The van der Waals surface area contributed by atoms with E-state index in [4.69, 9.17) is 17.2 Å². The zero-order valence-corrected chi connectivity index (χ0v) is 16.0. The number of carbonyl (C=O) groups excluding carboxylic acids is 1. The first-order valence-corrected chi connectivity index (χ1v) is 9.88. The van der Waals surface area contributed by atoms with E-state index in [1.165, 1.54) is 18.2 Å². The fourth-order valence-electron chi connectivity index (χ4n) is 3.10. The number of likely N-dealkylation sites (tertiary alicyclic amines) is 1. The molecule has 0 saturated carbocycles. The lowest BCUT2D eigenvalue weighted by atomic mass is 10.0. The minimum atomic E-state index is -0.182. The molecule has 0 bridgehead atoms. The van der Waals surface area contributed by atoms with Gasteiger partial charge < -0.3 is 15.0 Å². The third-order valence-electron chi connectivity index (χ3n) is 4.42. The molecule has 2 heterocycles. The maximum Gasteiger partial charge on any atom is 0.305 e. The number of rotatable bonds is 5. The quantitative estimate of drug-likeness (QED) is 0.488. The number of aromatic nitrogens is 1. The van der Waals surface area contributed by atoms with Crippen molar-refractivity contribution in [3.8, 4) is 0 Å². The van der Waals surface area contributed by atoms with Crippen LogP contribution in [-0.2, 0) is 9.53 Å². The highest BCUT2D eigenvalue weighted by Crippen LogP contribution is 2.35. The summed E-state index contributed by atoms with van der Waals surface area (Å²) in [7, 11) is 1.41. The van der Waals surface area contributed by atoms with E-state index in [2.05, 4.69) is 33.2 Å². The molecule has 1 atom stereocenters. The third kappa shape index (κ3) is 4.46. The van der Waals surface area contributed by atoms with Crippen LogP contribution in [0.3, 0.4) is 0 Å². The Morgan fingerprint density at radius 3 is 3.08 bits per heavy atom. The van der Waals surface area contributed by atoms with Crippen LogP contribution >= 0.6 is 23.6 Å². The highest BCUT2D eigenvalue weighted by Gasteiger charge is 2.28. The Balaban J connectivity index is 1.64. The molecule has 25 heavy (non-hydrogen) atoms. The van der Waals surface area contributed by atoms with Crippen molar-refractivity contribution in [1.29, 1.82) is 0 Å². The predicted molar refractivity (Wildman–Crippen MR) is 105 cm³/mol. The zero-order chi connectivity index (χ0) is 17.6. The molecule has 1 aromatic carbocycles. The van der Waals surface area contributed by atoms with Crippen LogP contribution in [-0.4, -0.2) is 41.2 Å². The number of fused-ring (bicyclic) bond motifs is 1. The number of thiazole rings is 1. The molecular formula is C18H23N3O2S2. The van der Waals surface area contributed by atoms with Crippen LogP contribution in [0, 0.1) is 0 Å². The van der Waals surface area contributed by atoms with Crippen molar-refractivity contribution in [2.24, 2.45) is 0 Å². The van der Waals surface area contributed by atoms with Gasteiger partial charge in [-0.2, -0.15) is 0 Å². The molecule has 0 unspecified atom stereocenters. The van der Waals surface area contributed by atoms with Crippen LogP contribution in [0.5, 0.6) is 0 Å². The molecule has 2 aromatic rings. The molecule has 0 amide bonds. The summed E-state index contributed by atoms with van der Waals surface area (Å²) in [5.41, 5.74) is 1.06. The van der Waals surface area contributed by atoms with E-state index in [-0.39, 0.29) is 12.0 Å². The van der Waals surface area contributed by atoms with Gasteiger partial charge in [-0.1, -0.05) is 12.1 Å². The molecule has 1 aliphatic rings. The van der Waals surface area contributed by atoms with Crippen molar-refractivity contribution in [3.05, 3.63) is 29.3 Å². The van der Waals surface area contributed by atoms with E-state index >= 15 is 0 Å². The Bertz CT molecular complexity index is 714. The lowest BCUT2D eigenvalue weighted by Crippen LogP contribution is -2.44. The molecule has 1 N–H and O–H groups in total. The van der Waals surface area contributed by atoms with E-state index < -0.39 is 0 Å². The third-order valence-corrected chi connectivity index (χ3v) is 5.94. The molecular weight excluding hydrogens is 354 g/mol. The van der Waals surface area contributed by atoms with E-state index in [1.807, 2.05) is 6.07 Å². The minimum absolute atomic E-state index is 0.182. The van der Waals surface area contributed by atoms with Crippen LogP contribution in [0.1, 0.15) is 43.2 Å². The second-order valence-electron chi connectivity index (χ2n) is 6.14. The number of para-hydroxylation sites is 1. The van der Waals surface area contributed by atoms with E-state index in [1.54, 1.807) is 11.3 Å². The Hall–Kier alpha value is -1.73. The Kier molecular flexibility index (Phi) is 6.20. The normalized spacial score (nSPS) is 17.5. The molecule has 1 saturated heterocycles. The van der Waals surface area contributed by atoms with Crippen LogP contribution in [0.15, 0.2) is 24.3 Å².